The summed E-state index contributed by atoms with van der Waals surface area (Å²) in [5, 5.41) is 11.6. The summed E-state index contributed by atoms with van der Waals surface area (Å²) in [6.07, 6.45) is 3.10. The summed E-state index contributed by atoms with van der Waals surface area (Å²) in [5.41, 5.74) is 1.89. The topological polar surface area (TPSA) is 92.2 Å². The van der Waals surface area contributed by atoms with Gasteiger partial charge in [-0.2, -0.15) is 0 Å². The molecule has 0 bridgehead atoms. The van der Waals surface area contributed by atoms with Gasteiger partial charge in [0.15, 0.2) is 11.5 Å². The number of anilines is 2. The molecular formula is C26H23Cl2N3O5. The summed E-state index contributed by atoms with van der Waals surface area (Å²) in [6, 6.07) is 11.0. The van der Waals surface area contributed by atoms with Crippen molar-refractivity contribution in [1.29, 1.82) is 0 Å². The summed E-state index contributed by atoms with van der Waals surface area (Å²) in [7, 11) is 6.55. The standard InChI is InChI=1S/C26H23Cl2N3O5/c1-30(2)15-5-7-16(8-6-15)31-21(14-9-11-29-12-10-14)19(23(33)26(31)34)22(32)17-13-18(27)25(36-4)20(28)24(17)35-3/h5-13,21,32H,1-4H3/b22-19+. The number of carbonyl (C=O) groups excluding carboxylic acids is 2. The van der Waals surface area contributed by atoms with Gasteiger partial charge in [-0.1, -0.05) is 23.2 Å². The van der Waals surface area contributed by atoms with Gasteiger partial charge in [-0.3, -0.25) is 19.5 Å². The number of aliphatic hydroxyl groups is 1. The van der Waals surface area contributed by atoms with Crippen LogP contribution in [0, 0.1) is 0 Å². The second kappa shape index (κ2) is 10.1. The maximum atomic E-state index is 13.4. The second-order valence-electron chi connectivity index (χ2n) is 8.15. The molecule has 8 nitrogen and oxygen atoms in total. The lowest BCUT2D eigenvalue weighted by Gasteiger charge is -2.26. The van der Waals surface area contributed by atoms with Crippen molar-refractivity contribution in [3.05, 3.63) is 81.6 Å². The Hall–Kier alpha value is -3.75. The molecule has 0 aliphatic carbocycles. The third-order valence-corrected chi connectivity index (χ3v) is 6.53. The fraction of sp³-hybridized carbons (Fsp3) is 0.192. The van der Waals surface area contributed by atoms with Crippen molar-refractivity contribution in [1.82, 2.24) is 4.98 Å². The van der Waals surface area contributed by atoms with Crippen molar-refractivity contribution in [2.45, 2.75) is 6.04 Å². The van der Waals surface area contributed by atoms with E-state index >= 15 is 0 Å². The molecule has 1 saturated heterocycles. The summed E-state index contributed by atoms with van der Waals surface area (Å²) in [5.74, 6) is -1.94. The first-order valence-electron chi connectivity index (χ1n) is 10.8. The van der Waals surface area contributed by atoms with Crippen LogP contribution in [0.1, 0.15) is 17.2 Å². The number of hydrogen-bond donors (Lipinski definition) is 1. The van der Waals surface area contributed by atoms with Crippen LogP contribution in [0.2, 0.25) is 10.0 Å². The van der Waals surface area contributed by atoms with Crippen LogP contribution in [0.3, 0.4) is 0 Å². The molecular weight excluding hydrogens is 505 g/mol. The molecule has 2 aromatic carbocycles. The highest BCUT2D eigenvalue weighted by molar-refractivity contribution is 6.52. The van der Waals surface area contributed by atoms with Crippen molar-refractivity contribution < 1.29 is 24.2 Å². The third kappa shape index (κ3) is 4.23. The average molecular weight is 528 g/mol. The van der Waals surface area contributed by atoms with Crippen LogP contribution in [0.25, 0.3) is 5.76 Å². The first-order chi connectivity index (χ1) is 17.2. The van der Waals surface area contributed by atoms with Crippen LogP contribution < -0.4 is 19.3 Å². The molecule has 36 heavy (non-hydrogen) atoms. The molecule has 10 heteroatoms. The van der Waals surface area contributed by atoms with Crippen LogP contribution in [0.5, 0.6) is 11.5 Å². The molecule has 3 aromatic rings. The van der Waals surface area contributed by atoms with Crippen LogP contribution in [0.4, 0.5) is 11.4 Å². The first-order valence-corrected chi connectivity index (χ1v) is 11.6. The van der Waals surface area contributed by atoms with Gasteiger partial charge in [0, 0.05) is 37.9 Å². The van der Waals surface area contributed by atoms with Crippen LogP contribution >= 0.6 is 23.2 Å². The summed E-state index contributed by atoms with van der Waals surface area (Å²) in [6.45, 7) is 0. The maximum Gasteiger partial charge on any atom is 0.300 e. The highest BCUT2D eigenvalue weighted by Gasteiger charge is 2.47. The van der Waals surface area contributed by atoms with Crippen LogP contribution in [0.15, 0.2) is 60.4 Å². The molecule has 1 aliphatic rings. The Labute approximate surface area is 218 Å². The minimum absolute atomic E-state index is 0.0167. The third-order valence-electron chi connectivity index (χ3n) is 5.91. The van der Waals surface area contributed by atoms with E-state index in [2.05, 4.69) is 4.98 Å². The van der Waals surface area contributed by atoms with Crippen molar-refractivity contribution in [3.63, 3.8) is 0 Å². The fourth-order valence-corrected chi connectivity index (χ4v) is 4.85. The number of aliphatic hydroxyl groups excluding tert-OH is 1. The minimum Gasteiger partial charge on any atom is -0.507 e. The molecule has 0 radical (unpaired) electrons. The number of benzene rings is 2. The number of ether oxygens (including phenoxy) is 2. The van der Waals surface area contributed by atoms with E-state index in [1.165, 1.54) is 25.2 Å². The molecule has 4 rings (SSSR count). The smallest absolute Gasteiger partial charge is 0.300 e. The van der Waals surface area contributed by atoms with Crippen molar-refractivity contribution in [2.75, 3.05) is 38.1 Å². The Kier molecular flexibility index (Phi) is 7.10. The van der Waals surface area contributed by atoms with E-state index < -0.39 is 23.5 Å². The molecule has 0 spiro atoms. The van der Waals surface area contributed by atoms with E-state index in [9.17, 15) is 14.7 Å². The number of hydrogen-bond acceptors (Lipinski definition) is 7. The van der Waals surface area contributed by atoms with E-state index in [0.717, 1.165) is 5.69 Å². The molecule has 186 valence electrons. The molecule has 1 amide bonds. The second-order valence-corrected chi connectivity index (χ2v) is 8.93. The highest BCUT2D eigenvalue weighted by atomic mass is 35.5. The number of amides is 1. The number of methoxy groups -OCH3 is 2. The monoisotopic (exact) mass is 527 g/mol. The highest BCUT2D eigenvalue weighted by Crippen LogP contribution is 2.48. The van der Waals surface area contributed by atoms with E-state index in [1.807, 2.05) is 31.1 Å². The Bertz CT molecular complexity index is 1360. The first kappa shape index (κ1) is 25.3. The average Bonchev–Trinajstić information content (AvgIpc) is 3.14. The summed E-state index contributed by atoms with van der Waals surface area (Å²) in [4.78, 5) is 34.0. The Morgan fingerprint density at radius 2 is 1.61 bits per heavy atom. The number of aromatic nitrogens is 1. The van der Waals surface area contributed by atoms with Crippen molar-refractivity contribution in [2.24, 2.45) is 0 Å². The van der Waals surface area contributed by atoms with Gasteiger partial charge in [0.2, 0.25) is 0 Å². The van der Waals surface area contributed by atoms with E-state index in [4.69, 9.17) is 32.7 Å². The molecule has 1 fully saturated rings. The van der Waals surface area contributed by atoms with Gasteiger partial charge in [-0.25, -0.2) is 0 Å². The van der Waals surface area contributed by atoms with Gasteiger partial charge < -0.3 is 19.5 Å². The normalized spacial score (nSPS) is 16.8. The number of nitrogens with zero attached hydrogens (tertiary/aromatic N) is 3. The molecule has 1 atom stereocenters. The predicted octanol–water partition coefficient (Wildman–Crippen LogP) is 5.10. The minimum atomic E-state index is -0.942. The molecule has 1 N–H and O–H groups in total. The van der Waals surface area contributed by atoms with Gasteiger partial charge >= 0.3 is 0 Å². The lowest BCUT2D eigenvalue weighted by molar-refractivity contribution is -0.132. The number of Topliss-reactive ketones (excluding diaryl/α,β-unsaturated/α-hetero) is 1. The molecule has 0 saturated carbocycles. The Morgan fingerprint density at radius 1 is 1.00 bits per heavy atom. The zero-order valence-electron chi connectivity index (χ0n) is 20.0. The number of halogens is 2. The SMILES string of the molecule is COc1c(Cl)cc(/C(O)=C2\C(=O)C(=O)N(c3ccc(N(C)C)cc3)C2c2ccncc2)c(OC)c1Cl. The Morgan fingerprint density at radius 3 is 2.17 bits per heavy atom. The van der Waals surface area contributed by atoms with Crippen molar-refractivity contribution in [3.8, 4) is 11.5 Å². The van der Waals surface area contributed by atoms with E-state index in [0.29, 0.717) is 11.3 Å². The molecule has 2 heterocycles. The zero-order valence-corrected chi connectivity index (χ0v) is 21.5. The van der Waals surface area contributed by atoms with Gasteiger partial charge in [-0.15, -0.1) is 0 Å². The summed E-state index contributed by atoms with van der Waals surface area (Å²) < 4.78 is 10.6. The maximum absolute atomic E-state index is 13.4. The quantitative estimate of drug-likeness (QED) is 0.271. The van der Waals surface area contributed by atoms with Crippen LogP contribution in [-0.2, 0) is 9.59 Å². The van der Waals surface area contributed by atoms with Crippen LogP contribution in [-0.4, -0.2) is 50.1 Å². The molecule has 1 aromatic heterocycles. The van der Waals surface area contributed by atoms with E-state index in [-0.39, 0.29) is 32.7 Å². The van der Waals surface area contributed by atoms with Gasteiger partial charge in [0.05, 0.1) is 36.4 Å². The van der Waals surface area contributed by atoms with Crippen molar-refractivity contribution >= 4 is 52.0 Å². The lowest BCUT2D eigenvalue weighted by atomic mass is 9.95. The zero-order chi connectivity index (χ0) is 26.1. The van der Waals surface area contributed by atoms with Gasteiger partial charge in [0.25, 0.3) is 11.7 Å². The number of pyridine rings is 1. The largest absolute Gasteiger partial charge is 0.507 e. The lowest BCUT2D eigenvalue weighted by Crippen LogP contribution is -2.29. The molecule has 1 aliphatic heterocycles. The number of ketones is 1. The van der Waals surface area contributed by atoms with Gasteiger partial charge in [0.1, 0.15) is 10.8 Å². The Balaban J connectivity index is 1.97. The predicted molar refractivity (Wildman–Crippen MR) is 139 cm³/mol. The number of rotatable bonds is 6. The number of carbonyl (C=O) groups is 2. The summed E-state index contributed by atoms with van der Waals surface area (Å²) >= 11 is 12.7. The van der Waals surface area contributed by atoms with E-state index in [1.54, 1.807) is 36.7 Å². The molecule has 1 unspecified atom stereocenters. The fourth-order valence-electron chi connectivity index (χ4n) is 4.16. The van der Waals surface area contributed by atoms with Gasteiger partial charge in [-0.05, 0) is 48.0 Å².